The molecule has 2 amide bonds. The number of carbonyl (C=O) groups is 2. The monoisotopic (exact) mass is 312 g/mol. The number of likely N-dealkylation sites (tertiary alicyclic amines) is 2. The molecule has 1 unspecified atom stereocenters. The zero-order chi connectivity index (χ0) is 15.6. The SMILES string of the molecule is O=C1CCCCN1CC1CCC2(CN(C(=O)CCF)C2)OC1. The topological polar surface area (TPSA) is 49.9 Å². The van der Waals surface area contributed by atoms with Crippen molar-refractivity contribution in [3.8, 4) is 0 Å². The fourth-order valence-corrected chi connectivity index (χ4v) is 3.74. The number of amides is 2. The largest absolute Gasteiger partial charge is 0.371 e. The van der Waals surface area contributed by atoms with Gasteiger partial charge in [0.05, 0.1) is 32.8 Å². The van der Waals surface area contributed by atoms with Crippen LogP contribution >= 0.6 is 0 Å². The minimum Gasteiger partial charge on any atom is -0.371 e. The fraction of sp³-hybridized carbons (Fsp3) is 0.875. The number of carbonyl (C=O) groups excluding carboxylic acids is 2. The van der Waals surface area contributed by atoms with Crippen LogP contribution in [0.25, 0.3) is 0 Å². The first kappa shape index (κ1) is 15.7. The number of hydrogen-bond donors (Lipinski definition) is 0. The average Bonchev–Trinajstić information content (AvgIpc) is 2.48. The summed E-state index contributed by atoms with van der Waals surface area (Å²) in [7, 11) is 0. The zero-order valence-electron chi connectivity index (χ0n) is 13.1. The van der Waals surface area contributed by atoms with Gasteiger partial charge in [-0.15, -0.1) is 0 Å². The molecule has 0 aromatic carbocycles. The van der Waals surface area contributed by atoms with E-state index in [0.29, 0.717) is 32.0 Å². The molecule has 0 aromatic rings. The summed E-state index contributed by atoms with van der Waals surface area (Å²) >= 11 is 0. The lowest BCUT2D eigenvalue weighted by atomic mass is 9.82. The van der Waals surface area contributed by atoms with E-state index in [2.05, 4.69) is 0 Å². The van der Waals surface area contributed by atoms with Crippen LogP contribution in [-0.4, -0.2) is 66.7 Å². The molecule has 0 aromatic heterocycles. The normalized spacial score (nSPS) is 27.9. The quantitative estimate of drug-likeness (QED) is 0.788. The van der Waals surface area contributed by atoms with Crippen LogP contribution in [0.1, 0.15) is 38.5 Å². The Balaban J connectivity index is 1.42. The zero-order valence-corrected chi connectivity index (χ0v) is 13.1. The van der Waals surface area contributed by atoms with Gasteiger partial charge in [0.15, 0.2) is 0 Å². The molecule has 3 saturated heterocycles. The molecule has 0 radical (unpaired) electrons. The molecule has 3 aliphatic rings. The fourth-order valence-electron chi connectivity index (χ4n) is 3.74. The predicted molar refractivity (Wildman–Crippen MR) is 79.0 cm³/mol. The molecule has 6 heteroatoms. The summed E-state index contributed by atoms with van der Waals surface area (Å²) in [6.45, 7) is 2.96. The third-order valence-corrected chi connectivity index (χ3v) is 5.15. The Bertz CT molecular complexity index is 427. The maximum atomic E-state index is 12.2. The summed E-state index contributed by atoms with van der Waals surface area (Å²) in [6, 6.07) is 0. The van der Waals surface area contributed by atoms with E-state index < -0.39 is 6.67 Å². The lowest BCUT2D eigenvalue weighted by molar-refractivity contribution is -0.190. The van der Waals surface area contributed by atoms with Crippen LogP contribution in [0.4, 0.5) is 4.39 Å². The molecule has 3 aliphatic heterocycles. The van der Waals surface area contributed by atoms with Gasteiger partial charge in [-0.1, -0.05) is 0 Å². The molecule has 0 N–H and O–H groups in total. The summed E-state index contributed by atoms with van der Waals surface area (Å²) in [6.07, 6.45) is 4.75. The first-order chi connectivity index (χ1) is 10.6. The molecule has 3 rings (SSSR count). The van der Waals surface area contributed by atoms with E-state index in [0.717, 1.165) is 38.8 Å². The van der Waals surface area contributed by atoms with Crippen LogP contribution in [0, 0.1) is 5.92 Å². The molecule has 124 valence electrons. The van der Waals surface area contributed by atoms with Crippen LogP contribution in [0.3, 0.4) is 0 Å². The molecule has 0 saturated carbocycles. The minimum atomic E-state index is -0.588. The van der Waals surface area contributed by atoms with Crippen molar-refractivity contribution in [2.75, 3.05) is 39.5 Å². The second-order valence-corrected chi connectivity index (χ2v) is 6.88. The van der Waals surface area contributed by atoms with Gasteiger partial charge in [0.2, 0.25) is 11.8 Å². The van der Waals surface area contributed by atoms with Crippen molar-refractivity contribution in [2.45, 2.75) is 44.1 Å². The van der Waals surface area contributed by atoms with Gasteiger partial charge in [-0.3, -0.25) is 14.0 Å². The van der Waals surface area contributed by atoms with E-state index >= 15 is 0 Å². The summed E-state index contributed by atoms with van der Waals surface area (Å²) in [4.78, 5) is 27.1. The van der Waals surface area contributed by atoms with Crippen molar-refractivity contribution in [3.63, 3.8) is 0 Å². The van der Waals surface area contributed by atoms with Gasteiger partial charge in [-0.2, -0.15) is 0 Å². The van der Waals surface area contributed by atoms with Crippen LogP contribution < -0.4 is 0 Å². The highest BCUT2D eigenvalue weighted by molar-refractivity contribution is 5.77. The number of halogens is 1. The third kappa shape index (κ3) is 3.26. The number of nitrogens with zero attached hydrogens (tertiary/aromatic N) is 2. The summed E-state index contributed by atoms with van der Waals surface area (Å²) in [5.74, 6) is 0.569. The van der Waals surface area contributed by atoms with Gasteiger partial charge in [-0.25, -0.2) is 0 Å². The molecule has 1 atom stereocenters. The first-order valence-electron chi connectivity index (χ1n) is 8.37. The van der Waals surface area contributed by atoms with Gasteiger partial charge in [0.1, 0.15) is 5.60 Å². The van der Waals surface area contributed by atoms with E-state index in [-0.39, 0.29) is 23.8 Å². The summed E-state index contributed by atoms with van der Waals surface area (Å²) in [5, 5.41) is 0. The number of rotatable bonds is 4. The van der Waals surface area contributed by atoms with Crippen LogP contribution in [-0.2, 0) is 14.3 Å². The Morgan fingerprint density at radius 1 is 1.36 bits per heavy atom. The van der Waals surface area contributed by atoms with E-state index in [1.54, 1.807) is 4.90 Å². The van der Waals surface area contributed by atoms with Gasteiger partial charge in [-0.05, 0) is 25.7 Å². The van der Waals surface area contributed by atoms with E-state index in [1.165, 1.54) is 0 Å². The minimum absolute atomic E-state index is 0.0181. The smallest absolute Gasteiger partial charge is 0.225 e. The van der Waals surface area contributed by atoms with Crippen molar-refractivity contribution in [1.82, 2.24) is 9.80 Å². The molecular formula is C16H25FN2O3. The molecule has 3 fully saturated rings. The maximum Gasteiger partial charge on any atom is 0.225 e. The molecule has 0 bridgehead atoms. The highest BCUT2D eigenvalue weighted by Gasteiger charge is 2.48. The molecule has 1 spiro atoms. The number of piperidine rings is 1. The summed E-state index contributed by atoms with van der Waals surface area (Å²) < 4.78 is 18.2. The molecule has 22 heavy (non-hydrogen) atoms. The second kappa shape index (κ2) is 6.52. The Hall–Kier alpha value is -1.17. The van der Waals surface area contributed by atoms with Crippen molar-refractivity contribution < 1.29 is 18.7 Å². The van der Waals surface area contributed by atoms with Gasteiger partial charge in [0, 0.05) is 25.4 Å². The molecule has 0 aliphatic carbocycles. The van der Waals surface area contributed by atoms with E-state index in [1.807, 2.05) is 4.90 Å². The first-order valence-corrected chi connectivity index (χ1v) is 8.37. The van der Waals surface area contributed by atoms with Crippen molar-refractivity contribution >= 4 is 11.8 Å². The van der Waals surface area contributed by atoms with Crippen LogP contribution in [0.5, 0.6) is 0 Å². The Morgan fingerprint density at radius 2 is 2.18 bits per heavy atom. The van der Waals surface area contributed by atoms with E-state index in [9.17, 15) is 14.0 Å². The lowest BCUT2D eigenvalue weighted by Crippen LogP contribution is -2.66. The van der Waals surface area contributed by atoms with Crippen LogP contribution in [0.2, 0.25) is 0 Å². The van der Waals surface area contributed by atoms with Crippen molar-refractivity contribution in [1.29, 1.82) is 0 Å². The highest BCUT2D eigenvalue weighted by atomic mass is 19.1. The number of alkyl halides is 1. The summed E-state index contributed by atoms with van der Waals surface area (Å²) in [5.41, 5.74) is -0.200. The van der Waals surface area contributed by atoms with Crippen molar-refractivity contribution in [2.24, 2.45) is 5.92 Å². The second-order valence-electron chi connectivity index (χ2n) is 6.88. The number of hydrogen-bond acceptors (Lipinski definition) is 3. The average molecular weight is 312 g/mol. The van der Waals surface area contributed by atoms with E-state index in [4.69, 9.17) is 4.74 Å². The maximum absolute atomic E-state index is 12.2. The van der Waals surface area contributed by atoms with Crippen molar-refractivity contribution in [3.05, 3.63) is 0 Å². The molecule has 3 heterocycles. The van der Waals surface area contributed by atoms with Gasteiger partial charge < -0.3 is 14.5 Å². The number of ether oxygens (including phenoxy) is 1. The predicted octanol–water partition coefficient (Wildman–Crippen LogP) is 1.37. The third-order valence-electron chi connectivity index (χ3n) is 5.15. The highest BCUT2D eigenvalue weighted by Crippen LogP contribution is 2.36. The van der Waals surface area contributed by atoms with Gasteiger partial charge in [0.25, 0.3) is 0 Å². The van der Waals surface area contributed by atoms with Crippen LogP contribution in [0.15, 0.2) is 0 Å². The molecule has 5 nitrogen and oxygen atoms in total. The standard InChI is InChI=1S/C16H25FN2O3/c17-7-5-15(21)19-11-16(12-19)6-4-13(10-22-16)9-18-8-2-1-3-14(18)20/h13H,1-12H2. The Morgan fingerprint density at radius 3 is 2.82 bits per heavy atom. The lowest BCUT2D eigenvalue weighted by Gasteiger charge is -2.53. The Kier molecular flexibility index (Phi) is 4.66. The Labute approximate surface area is 130 Å². The van der Waals surface area contributed by atoms with Gasteiger partial charge >= 0.3 is 0 Å². The molecular weight excluding hydrogens is 287 g/mol.